The van der Waals surface area contributed by atoms with E-state index in [0.717, 1.165) is 22.7 Å². The van der Waals surface area contributed by atoms with Gasteiger partial charge in [0.05, 0.1) is 21.7 Å². The van der Waals surface area contributed by atoms with E-state index in [4.69, 9.17) is 5.73 Å². The molecular weight excluding hydrogens is 428 g/mol. The van der Waals surface area contributed by atoms with Crippen LogP contribution in [0.5, 0.6) is 0 Å². The van der Waals surface area contributed by atoms with Crippen LogP contribution in [0.15, 0.2) is 58.7 Å². The minimum absolute atomic E-state index is 0.0616. The SMILES string of the molecule is NC(=N/N=C\c1ccc([N+](=O)[O-])cc1)S[C@H]1CC(=O)N(c2cccc([N+](=O)[O-])c2)C1=O. The van der Waals surface area contributed by atoms with Crippen LogP contribution in [0.3, 0.4) is 0 Å². The van der Waals surface area contributed by atoms with E-state index >= 15 is 0 Å². The largest absolute Gasteiger partial charge is 0.377 e. The smallest absolute Gasteiger partial charge is 0.271 e. The second-order valence-corrected chi connectivity index (χ2v) is 7.41. The molecule has 1 aliphatic heterocycles. The van der Waals surface area contributed by atoms with Crippen LogP contribution in [0.1, 0.15) is 12.0 Å². The topological polar surface area (TPSA) is 174 Å². The second kappa shape index (κ2) is 9.13. The predicted molar refractivity (Wildman–Crippen MR) is 114 cm³/mol. The van der Waals surface area contributed by atoms with Crippen molar-refractivity contribution in [2.75, 3.05) is 4.90 Å². The second-order valence-electron chi connectivity index (χ2n) is 6.19. The third kappa shape index (κ3) is 5.08. The van der Waals surface area contributed by atoms with E-state index in [1.807, 2.05) is 0 Å². The van der Waals surface area contributed by atoms with E-state index in [0.29, 0.717) is 5.56 Å². The Morgan fingerprint density at radius 1 is 1.10 bits per heavy atom. The van der Waals surface area contributed by atoms with Crippen molar-refractivity contribution in [1.29, 1.82) is 0 Å². The van der Waals surface area contributed by atoms with Gasteiger partial charge in [-0.25, -0.2) is 4.90 Å². The normalized spacial score (nSPS) is 16.8. The molecule has 1 fully saturated rings. The van der Waals surface area contributed by atoms with Crippen LogP contribution in [0.2, 0.25) is 0 Å². The van der Waals surface area contributed by atoms with Gasteiger partial charge in [-0.05, 0) is 23.8 Å². The summed E-state index contributed by atoms with van der Waals surface area (Å²) in [6, 6.07) is 10.8. The lowest BCUT2D eigenvalue weighted by molar-refractivity contribution is -0.385. The summed E-state index contributed by atoms with van der Waals surface area (Å²) in [7, 11) is 0. The molecule has 0 saturated carbocycles. The first-order valence-corrected chi connectivity index (χ1v) is 9.53. The number of hydrogen-bond donors (Lipinski definition) is 1. The summed E-state index contributed by atoms with van der Waals surface area (Å²) >= 11 is 0.848. The third-order valence-corrected chi connectivity index (χ3v) is 5.11. The fraction of sp³-hybridized carbons (Fsp3) is 0.111. The summed E-state index contributed by atoms with van der Waals surface area (Å²) in [5, 5.41) is 28.2. The van der Waals surface area contributed by atoms with Crippen molar-refractivity contribution in [3.8, 4) is 0 Å². The number of nitrogens with zero attached hydrogens (tertiary/aromatic N) is 5. The number of imide groups is 1. The maximum Gasteiger partial charge on any atom is 0.271 e. The van der Waals surface area contributed by atoms with E-state index in [9.17, 15) is 29.8 Å². The minimum atomic E-state index is -0.843. The van der Waals surface area contributed by atoms with Gasteiger partial charge in [-0.2, -0.15) is 5.10 Å². The Labute approximate surface area is 178 Å². The number of nitrogens with two attached hydrogens (primary N) is 1. The highest BCUT2D eigenvalue weighted by molar-refractivity contribution is 8.14. The number of thioether (sulfide) groups is 1. The zero-order valence-corrected chi connectivity index (χ0v) is 16.5. The van der Waals surface area contributed by atoms with Crippen molar-refractivity contribution in [3.63, 3.8) is 0 Å². The number of rotatable bonds is 6. The van der Waals surface area contributed by atoms with E-state index in [1.165, 1.54) is 48.7 Å². The van der Waals surface area contributed by atoms with Gasteiger partial charge in [0.1, 0.15) is 5.25 Å². The molecule has 0 radical (unpaired) electrons. The Balaban J connectivity index is 1.66. The molecule has 1 heterocycles. The van der Waals surface area contributed by atoms with Crippen molar-refractivity contribution < 1.29 is 19.4 Å². The summed E-state index contributed by atoms with van der Waals surface area (Å²) in [6.45, 7) is 0. The molecule has 1 atom stereocenters. The zero-order chi connectivity index (χ0) is 22.5. The van der Waals surface area contributed by atoms with Crippen LogP contribution in [0, 0.1) is 20.2 Å². The molecular formula is C18H14N6O6S. The van der Waals surface area contributed by atoms with Gasteiger partial charge in [-0.3, -0.25) is 29.8 Å². The van der Waals surface area contributed by atoms with Crippen LogP contribution >= 0.6 is 11.8 Å². The zero-order valence-electron chi connectivity index (χ0n) is 15.7. The fourth-order valence-electron chi connectivity index (χ4n) is 2.72. The molecule has 2 amide bonds. The number of amides is 2. The maximum absolute atomic E-state index is 12.6. The van der Waals surface area contributed by atoms with E-state index in [2.05, 4.69) is 10.2 Å². The lowest BCUT2D eigenvalue weighted by Gasteiger charge is -2.14. The first kappa shape index (κ1) is 21.6. The Kier molecular flexibility index (Phi) is 6.35. The van der Waals surface area contributed by atoms with E-state index in [1.54, 1.807) is 0 Å². The summed E-state index contributed by atoms with van der Waals surface area (Å²) in [5.41, 5.74) is 6.14. The van der Waals surface area contributed by atoms with Gasteiger partial charge in [0.2, 0.25) is 11.8 Å². The van der Waals surface area contributed by atoms with Gasteiger partial charge >= 0.3 is 0 Å². The molecule has 0 aliphatic carbocycles. The predicted octanol–water partition coefficient (Wildman–Crippen LogP) is 2.22. The highest BCUT2D eigenvalue weighted by Crippen LogP contribution is 2.31. The summed E-state index contributed by atoms with van der Waals surface area (Å²) in [5.74, 6) is -1.07. The molecule has 0 bridgehead atoms. The number of carbonyl (C=O) groups excluding carboxylic acids is 2. The Bertz CT molecular complexity index is 1120. The van der Waals surface area contributed by atoms with Crippen LogP contribution in [0.25, 0.3) is 0 Å². The van der Waals surface area contributed by atoms with Crippen LogP contribution in [0.4, 0.5) is 17.1 Å². The molecule has 13 heteroatoms. The van der Waals surface area contributed by atoms with Crippen LogP contribution in [-0.2, 0) is 9.59 Å². The molecule has 0 spiro atoms. The number of benzene rings is 2. The van der Waals surface area contributed by atoms with Gasteiger partial charge in [0.25, 0.3) is 11.4 Å². The number of nitro benzene ring substituents is 2. The molecule has 2 aromatic rings. The third-order valence-electron chi connectivity index (χ3n) is 4.13. The van der Waals surface area contributed by atoms with Crippen LogP contribution < -0.4 is 10.6 Å². The number of amidine groups is 1. The first-order chi connectivity index (χ1) is 14.8. The number of non-ortho nitro benzene ring substituents is 2. The highest BCUT2D eigenvalue weighted by Gasteiger charge is 2.41. The maximum atomic E-state index is 12.6. The van der Waals surface area contributed by atoms with Crippen molar-refractivity contribution >= 4 is 52.0 Å². The lowest BCUT2D eigenvalue weighted by Crippen LogP contribution is -2.31. The number of anilines is 1. The molecule has 0 aromatic heterocycles. The average molecular weight is 442 g/mol. The Morgan fingerprint density at radius 3 is 2.42 bits per heavy atom. The van der Waals surface area contributed by atoms with Crippen LogP contribution in [-0.4, -0.2) is 38.3 Å². The van der Waals surface area contributed by atoms with Gasteiger partial charge in [-0.15, -0.1) is 5.10 Å². The molecule has 0 unspecified atom stereocenters. The van der Waals surface area contributed by atoms with E-state index < -0.39 is 26.9 Å². The Morgan fingerprint density at radius 2 is 1.77 bits per heavy atom. The molecule has 1 saturated heterocycles. The number of hydrogen-bond acceptors (Lipinski definition) is 9. The van der Waals surface area contributed by atoms with Gasteiger partial charge in [0, 0.05) is 30.7 Å². The quantitative estimate of drug-likeness (QED) is 0.233. The molecule has 2 aromatic carbocycles. The number of carbonyl (C=O) groups is 2. The van der Waals surface area contributed by atoms with Gasteiger partial charge in [-0.1, -0.05) is 17.8 Å². The van der Waals surface area contributed by atoms with Crippen molar-refractivity contribution in [1.82, 2.24) is 0 Å². The summed E-state index contributed by atoms with van der Waals surface area (Å²) < 4.78 is 0. The fourth-order valence-corrected chi connectivity index (χ4v) is 3.53. The first-order valence-electron chi connectivity index (χ1n) is 8.65. The molecule has 3 rings (SSSR count). The average Bonchev–Trinajstić information content (AvgIpc) is 3.01. The highest BCUT2D eigenvalue weighted by atomic mass is 32.2. The van der Waals surface area contributed by atoms with Crippen molar-refractivity contribution in [2.24, 2.45) is 15.9 Å². The summed E-state index contributed by atoms with van der Waals surface area (Å²) in [6.07, 6.45) is 1.18. The minimum Gasteiger partial charge on any atom is -0.377 e. The number of nitro groups is 2. The standard InChI is InChI=1S/C18H14N6O6S/c19-18(21-20-10-11-4-6-12(7-5-11)23(27)28)31-15-9-16(25)22(17(15)26)13-2-1-3-14(8-13)24(29)30/h1-8,10,15H,9H2,(H2,19,21)/b20-10-/t15-/m0/s1. The van der Waals surface area contributed by atoms with E-state index in [-0.39, 0.29) is 28.7 Å². The molecule has 31 heavy (non-hydrogen) atoms. The molecule has 12 nitrogen and oxygen atoms in total. The lowest BCUT2D eigenvalue weighted by atomic mass is 10.2. The monoisotopic (exact) mass is 442 g/mol. The van der Waals surface area contributed by atoms with Crippen molar-refractivity contribution in [3.05, 3.63) is 74.3 Å². The van der Waals surface area contributed by atoms with Gasteiger partial charge < -0.3 is 5.73 Å². The summed E-state index contributed by atoms with van der Waals surface area (Å²) in [4.78, 5) is 46.2. The molecule has 158 valence electrons. The molecule has 1 aliphatic rings. The molecule has 2 N–H and O–H groups in total. The van der Waals surface area contributed by atoms with Crippen molar-refractivity contribution in [2.45, 2.75) is 11.7 Å². The Hall–Kier alpha value is -4.13. The van der Waals surface area contributed by atoms with Gasteiger partial charge in [0.15, 0.2) is 5.17 Å².